The Hall–Kier alpha value is -1.49. The Morgan fingerprint density at radius 2 is 2.28 bits per heavy atom. The third-order valence-corrected chi connectivity index (χ3v) is 3.28. The van der Waals surface area contributed by atoms with E-state index in [4.69, 9.17) is 4.74 Å². The van der Waals surface area contributed by atoms with Crippen LogP contribution in [0.25, 0.3) is 0 Å². The van der Waals surface area contributed by atoms with Crippen molar-refractivity contribution in [2.24, 2.45) is 5.92 Å². The van der Waals surface area contributed by atoms with Gasteiger partial charge in [-0.05, 0) is 24.8 Å². The van der Waals surface area contributed by atoms with E-state index in [2.05, 4.69) is 4.98 Å². The zero-order valence-corrected chi connectivity index (χ0v) is 10.4. The molecule has 0 N–H and O–H groups in total. The molecular formula is C13H17FN2O2. The van der Waals surface area contributed by atoms with Gasteiger partial charge in [0.15, 0.2) is 0 Å². The van der Waals surface area contributed by atoms with Crippen LogP contribution >= 0.6 is 0 Å². The molecule has 4 nitrogen and oxygen atoms in total. The fourth-order valence-corrected chi connectivity index (χ4v) is 2.26. The molecule has 1 fully saturated rings. The predicted octanol–water partition coefficient (Wildman–Crippen LogP) is 1.72. The average molecular weight is 252 g/mol. The first-order valence-corrected chi connectivity index (χ1v) is 6.10. The molecule has 0 saturated carbocycles. The lowest BCUT2D eigenvalue weighted by Crippen LogP contribution is -2.39. The maximum Gasteiger partial charge on any atom is 0.254 e. The molecule has 0 unspecified atom stereocenters. The van der Waals surface area contributed by atoms with Gasteiger partial charge in [0.1, 0.15) is 0 Å². The second kappa shape index (κ2) is 5.91. The Labute approximate surface area is 106 Å². The quantitative estimate of drug-likeness (QED) is 0.769. The van der Waals surface area contributed by atoms with Gasteiger partial charge in [-0.1, -0.05) is 0 Å². The summed E-state index contributed by atoms with van der Waals surface area (Å²) in [6.07, 6.45) is 3.19. The van der Waals surface area contributed by atoms with Crippen molar-refractivity contribution < 1.29 is 13.9 Å². The second-order valence-electron chi connectivity index (χ2n) is 4.56. The van der Waals surface area contributed by atoms with Crippen LogP contribution in [0.1, 0.15) is 23.2 Å². The number of piperidine rings is 1. The molecule has 0 spiro atoms. The minimum absolute atomic E-state index is 0.118. The normalized spacial score (nSPS) is 16.9. The molecule has 1 aromatic rings. The highest BCUT2D eigenvalue weighted by molar-refractivity contribution is 5.94. The first kappa shape index (κ1) is 13.0. The van der Waals surface area contributed by atoms with Crippen molar-refractivity contribution in [2.75, 3.05) is 26.8 Å². The number of halogens is 1. The van der Waals surface area contributed by atoms with Gasteiger partial charge in [0.25, 0.3) is 5.91 Å². The van der Waals surface area contributed by atoms with Crippen LogP contribution in [0.15, 0.2) is 18.3 Å². The van der Waals surface area contributed by atoms with E-state index in [1.165, 1.54) is 12.3 Å². The first-order chi connectivity index (χ1) is 8.70. The first-order valence-electron chi connectivity index (χ1n) is 6.10. The summed E-state index contributed by atoms with van der Waals surface area (Å²) in [6, 6.07) is 2.73. The number of aromatic nitrogens is 1. The number of ether oxygens (including phenoxy) is 1. The van der Waals surface area contributed by atoms with Gasteiger partial charge < -0.3 is 9.64 Å². The van der Waals surface area contributed by atoms with Crippen LogP contribution in [-0.2, 0) is 4.74 Å². The molecule has 1 aliphatic rings. The minimum atomic E-state index is -0.616. The van der Waals surface area contributed by atoms with Gasteiger partial charge in [-0.3, -0.25) is 4.79 Å². The van der Waals surface area contributed by atoms with Crippen molar-refractivity contribution in [3.05, 3.63) is 29.8 Å². The number of amides is 1. The number of hydrogen-bond donors (Lipinski definition) is 0. The molecule has 5 heteroatoms. The number of rotatable bonds is 3. The fourth-order valence-electron chi connectivity index (χ4n) is 2.26. The second-order valence-corrected chi connectivity index (χ2v) is 4.56. The lowest BCUT2D eigenvalue weighted by Gasteiger charge is -2.31. The van der Waals surface area contributed by atoms with Gasteiger partial charge in [0, 0.05) is 44.6 Å². The largest absolute Gasteiger partial charge is 0.384 e. The number of likely N-dealkylation sites (tertiary alicyclic amines) is 1. The maximum atomic E-state index is 13.0. The van der Waals surface area contributed by atoms with E-state index in [1.54, 1.807) is 18.1 Å². The molecule has 0 aliphatic carbocycles. The Kier molecular flexibility index (Phi) is 4.25. The molecular weight excluding hydrogens is 235 g/mol. The summed E-state index contributed by atoms with van der Waals surface area (Å²) in [4.78, 5) is 17.3. The molecule has 0 radical (unpaired) electrons. The molecule has 1 saturated heterocycles. The van der Waals surface area contributed by atoms with Crippen LogP contribution in [0.5, 0.6) is 0 Å². The van der Waals surface area contributed by atoms with Crippen LogP contribution in [0.2, 0.25) is 0 Å². The smallest absolute Gasteiger partial charge is 0.254 e. The topological polar surface area (TPSA) is 42.4 Å². The summed E-state index contributed by atoms with van der Waals surface area (Å²) < 4.78 is 18.1. The molecule has 0 aromatic carbocycles. The molecule has 0 atom stereocenters. The van der Waals surface area contributed by atoms with Crippen molar-refractivity contribution in [1.29, 1.82) is 0 Å². The standard InChI is InChI=1S/C13H17FN2O2/c1-18-9-10-3-6-16(7-4-10)13(17)11-2-5-15-12(14)8-11/h2,5,8,10H,3-4,6-7,9H2,1H3. The molecule has 1 aromatic heterocycles. The lowest BCUT2D eigenvalue weighted by molar-refractivity contribution is 0.0613. The van der Waals surface area contributed by atoms with E-state index in [1.807, 2.05) is 0 Å². The van der Waals surface area contributed by atoms with Gasteiger partial charge >= 0.3 is 0 Å². The molecule has 1 amide bonds. The summed E-state index contributed by atoms with van der Waals surface area (Å²) >= 11 is 0. The van der Waals surface area contributed by atoms with E-state index in [9.17, 15) is 9.18 Å². The SMILES string of the molecule is COCC1CCN(C(=O)c2ccnc(F)c2)CC1. The zero-order valence-electron chi connectivity index (χ0n) is 10.4. The van der Waals surface area contributed by atoms with Gasteiger partial charge in [-0.2, -0.15) is 4.39 Å². The van der Waals surface area contributed by atoms with Crippen LogP contribution < -0.4 is 0 Å². The Morgan fingerprint density at radius 3 is 2.89 bits per heavy atom. The zero-order chi connectivity index (χ0) is 13.0. The van der Waals surface area contributed by atoms with E-state index in [0.717, 1.165) is 19.4 Å². The van der Waals surface area contributed by atoms with E-state index < -0.39 is 5.95 Å². The van der Waals surface area contributed by atoms with E-state index in [0.29, 0.717) is 24.6 Å². The fraction of sp³-hybridized carbons (Fsp3) is 0.538. The van der Waals surface area contributed by atoms with Crippen LogP contribution in [0, 0.1) is 11.9 Å². The van der Waals surface area contributed by atoms with E-state index >= 15 is 0 Å². The third kappa shape index (κ3) is 3.04. The third-order valence-electron chi connectivity index (χ3n) is 3.28. The number of hydrogen-bond acceptors (Lipinski definition) is 3. The molecule has 0 bridgehead atoms. The van der Waals surface area contributed by atoms with Crippen LogP contribution in [-0.4, -0.2) is 42.6 Å². The summed E-state index contributed by atoms with van der Waals surface area (Å²) in [5.41, 5.74) is 0.368. The maximum absolute atomic E-state index is 13.0. The molecule has 2 rings (SSSR count). The summed E-state index contributed by atoms with van der Waals surface area (Å²) in [5, 5.41) is 0. The van der Waals surface area contributed by atoms with Crippen LogP contribution in [0.3, 0.4) is 0 Å². The van der Waals surface area contributed by atoms with Crippen molar-refractivity contribution in [3.8, 4) is 0 Å². The minimum Gasteiger partial charge on any atom is -0.384 e. The van der Waals surface area contributed by atoms with Gasteiger partial charge in [0.2, 0.25) is 5.95 Å². The molecule has 98 valence electrons. The summed E-state index contributed by atoms with van der Waals surface area (Å²) in [7, 11) is 1.69. The summed E-state index contributed by atoms with van der Waals surface area (Å²) in [5.74, 6) is -0.212. The molecule has 18 heavy (non-hydrogen) atoms. The number of carbonyl (C=O) groups is 1. The highest BCUT2D eigenvalue weighted by atomic mass is 19.1. The number of methoxy groups -OCH3 is 1. The Morgan fingerprint density at radius 1 is 1.56 bits per heavy atom. The van der Waals surface area contributed by atoms with Crippen molar-refractivity contribution >= 4 is 5.91 Å². The van der Waals surface area contributed by atoms with Gasteiger partial charge in [-0.15, -0.1) is 0 Å². The highest BCUT2D eigenvalue weighted by Crippen LogP contribution is 2.19. The van der Waals surface area contributed by atoms with Crippen LogP contribution in [0.4, 0.5) is 4.39 Å². The Bertz CT molecular complexity index is 417. The van der Waals surface area contributed by atoms with Crippen molar-refractivity contribution in [1.82, 2.24) is 9.88 Å². The number of carbonyl (C=O) groups excluding carboxylic acids is 1. The molecule has 1 aliphatic heterocycles. The van der Waals surface area contributed by atoms with Crippen molar-refractivity contribution in [3.63, 3.8) is 0 Å². The van der Waals surface area contributed by atoms with Crippen molar-refractivity contribution in [2.45, 2.75) is 12.8 Å². The average Bonchev–Trinajstić information content (AvgIpc) is 2.39. The predicted molar refractivity (Wildman–Crippen MR) is 64.7 cm³/mol. The number of pyridine rings is 1. The molecule has 2 heterocycles. The highest BCUT2D eigenvalue weighted by Gasteiger charge is 2.23. The number of nitrogens with zero attached hydrogens (tertiary/aromatic N) is 2. The van der Waals surface area contributed by atoms with Gasteiger partial charge in [-0.25, -0.2) is 4.98 Å². The lowest BCUT2D eigenvalue weighted by atomic mass is 9.97. The van der Waals surface area contributed by atoms with E-state index in [-0.39, 0.29) is 5.91 Å². The summed E-state index contributed by atoms with van der Waals surface area (Å²) in [6.45, 7) is 2.15. The Balaban J connectivity index is 1.95. The monoisotopic (exact) mass is 252 g/mol. The van der Waals surface area contributed by atoms with Gasteiger partial charge in [0.05, 0.1) is 0 Å².